The highest BCUT2D eigenvalue weighted by molar-refractivity contribution is 6.04. The van der Waals surface area contributed by atoms with Crippen molar-refractivity contribution in [1.82, 2.24) is 24.5 Å². The first-order chi connectivity index (χ1) is 9.56. The van der Waals surface area contributed by atoms with Gasteiger partial charge in [0.05, 0.1) is 17.3 Å². The Morgan fingerprint density at radius 1 is 1.35 bits per heavy atom. The van der Waals surface area contributed by atoms with Gasteiger partial charge in [-0.2, -0.15) is 10.2 Å². The molecular weight excluding hydrogens is 260 g/mol. The number of aryl methyl sites for hydroxylation is 2. The maximum Gasteiger partial charge on any atom is 0.339 e. The Morgan fingerprint density at radius 3 is 2.80 bits per heavy atom. The third-order valence-corrected chi connectivity index (χ3v) is 2.96. The number of hydrogen-bond donors (Lipinski definition) is 2. The second kappa shape index (κ2) is 4.34. The average molecular weight is 272 g/mol. The molecule has 0 saturated heterocycles. The first kappa shape index (κ1) is 12.2. The minimum absolute atomic E-state index is 0.0798. The van der Waals surface area contributed by atoms with Crippen LogP contribution in [0.1, 0.15) is 10.4 Å². The van der Waals surface area contributed by atoms with Crippen LogP contribution in [-0.2, 0) is 14.1 Å². The van der Waals surface area contributed by atoms with Crippen LogP contribution in [0.15, 0.2) is 24.7 Å². The van der Waals surface area contributed by atoms with E-state index in [1.807, 2.05) is 0 Å². The van der Waals surface area contributed by atoms with E-state index in [-0.39, 0.29) is 5.56 Å². The third kappa shape index (κ3) is 1.87. The average Bonchev–Trinajstić information content (AvgIpc) is 2.97. The van der Waals surface area contributed by atoms with Gasteiger partial charge in [0, 0.05) is 32.6 Å². The van der Waals surface area contributed by atoms with E-state index >= 15 is 0 Å². The molecule has 8 heteroatoms. The van der Waals surface area contributed by atoms with E-state index in [2.05, 4.69) is 20.5 Å². The summed E-state index contributed by atoms with van der Waals surface area (Å²) in [6, 6.07) is 1.76. The van der Waals surface area contributed by atoms with Crippen molar-refractivity contribution in [3.63, 3.8) is 0 Å². The summed E-state index contributed by atoms with van der Waals surface area (Å²) in [5.41, 5.74) is 1.12. The topological polar surface area (TPSA) is 97.9 Å². The quantitative estimate of drug-likeness (QED) is 0.742. The van der Waals surface area contributed by atoms with Gasteiger partial charge in [-0.3, -0.25) is 9.36 Å². The summed E-state index contributed by atoms with van der Waals surface area (Å²) in [6.07, 6.45) is 4.67. The van der Waals surface area contributed by atoms with Crippen LogP contribution >= 0.6 is 0 Å². The number of carboxylic acid groups (broad SMARTS) is 1. The molecule has 0 amide bonds. The highest BCUT2D eigenvalue weighted by Crippen LogP contribution is 2.28. The number of fused-ring (bicyclic) bond motifs is 1. The lowest BCUT2D eigenvalue weighted by Gasteiger charge is -2.08. The first-order valence-corrected chi connectivity index (χ1v) is 5.87. The van der Waals surface area contributed by atoms with E-state index in [4.69, 9.17) is 0 Å². The largest absolute Gasteiger partial charge is 0.478 e. The lowest BCUT2D eigenvalue weighted by molar-refractivity contribution is 0.0697. The van der Waals surface area contributed by atoms with Gasteiger partial charge in [-0.05, 0) is 0 Å². The van der Waals surface area contributed by atoms with Crippen LogP contribution in [0, 0.1) is 0 Å². The molecule has 0 aromatic carbocycles. The van der Waals surface area contributed by atoms with E-state index in [0.717, 1.165) is 0 Å². The molecule has 0 fully saturated rings. The zero-order valence-corrected chi connectivity index (χ0v) is 10.9. The Balaban J connectivity index is 2.19. The van der Waals surface area contributed by atoms with E-state index in [1.54, 1.807) is 41.9 Å². The molecule has 0 saturated carbocycles. The van der Waals surface area contributed by atoms with Crippen LogP contribution in [0.5, 0.6) is 0 Å². The molecule has 0 aliphatic heterocycles. The number of carbonyl (C=O) groups is 1. The molecule has 0 radical (unpaired) electrons. The number of anilines is 2. The van der Waals surface area contributed by atoms with Crippen LogP contribution in [0.2, 0.25) is 0 Å². The van der Waals surface area contributed by atoms with E-state index in [1.165, 1.54) is 6.20 Å². The van der Waals surface area contributed by atoms with Crippen molar-refractivity contribution < 1.29 is 9.90 Å². The molecule has 8 nitrogen and oxygen atoms in total. The van der Waals surface area contributed by atoms with Gasteiger partial charge in [-0.15, -0.1) is 0 Å². The number of hydrogen-bond acceptors (Lipinski definition) is 5. The molecule has 0 spiro atoms. The van der Waals surface area contributed by atoms with Gasteiger partial charge in [0.2, 0.25) is 0 Å². The summed E-state index contributed by atoms with van der Waals surface area (Å²) in [4.78, 5) is 15.5. The molecular formula is C12H12N6O2. The highest BCUT2D eigenvalue weighted by atomic mass is 16.4. The standard InChI is InChI=1S/C12H12N6O2/c1-17-4-3-9(16-17)15-10-7-6-14-18(2)11(7)13-5-8(10)12(19)20/h3-6H,1-2H3,(H,19,20)(H,13,15,16). The Hall–Kier alpha value is -2.90. The molecule has 0 bridgehead atoms. The fraction of sp³-hybridized carbons (Fsp3) is 0.167. The van der Waals surface area contributed by atoms with Gasteiger partial charge in [0.15, 0.2) is 11.5 Å². The van der Waals surface area contributed by atoms with E-state index < -0.39 is 5.97 Å². The Bertz CT molecular complexity index is 803. The number of nitrogens with zero attached hydrogens (tertiary/aromatic N) is 5. The predicted octanol–water partition coefficient (Wildman–Crippen LogP) is 1.14. The summed E-state index contributed by atoms with van der Waals surface area (Å²) in [6.45, 7) is 0. The maximum absolute atomic E-state index is 11.3. The molecule has 3 aromatic rings. The van der Waals surface area contributed by atoms with Crippen LogP contribution in [-0.4, -0.2) is 35.6 Å². The van der Waals surface area contributed by atoms with Crippen molar-refractivity contribution in [2.75, 3.05) is 5.32 Å². The van der Waals surface area contributed by atoms with Gasteiger partial charge < -0.3 is 10.4 Å². The summed E-state index contributed by atoms with van der Waals surface area (Å²) in [5.74, 6) is -0.493. The lowest BCUT2D eigenvalue weighted by atomic mass is 10.2. The zero-order chi connectivity index (χ0) is 14.3. The van der Waals surface area contributed by atoms with Crippen molar-refractivity contribution in [1.29, 1.82) is 0 Å². The van der Waals surface area contributed by atoms with Gasteiger partial charge in [-0.1, -0.05) is 0 Å². The third-order valence-electron chi connectivity index (χ3n) is 2.96. The molecule has 102 valence electrons. The lowest BCUT2D eigenvalue weighted by Crippen LogP contribution is -2.05. The molecule has 3 rings (SSSR count). The number of carboxylic acids is 1. The van der Waals surface area contributed by atoms with Crippen molar-refractivity contribution in [3.05, 3.63) is 30.2 Å². The fourth-order valence-corrected chi connectivity index (χ4v) is 2.00. The van der Waals surface area contributed by atoms with Crippen LogP contribution in [0.3, 0.4) is 0 Å². The monoisotopic (exact) mass is 272 g/mol. The molecule has 20 heavy (non-hydrogen) atoms. The summed E-state index contributed by atoms with van der Waals surface area (Å²) in [7, 11) is 3.54. The second-order valence-corrected chi connectivity index (χ2v) is 4.36. The molecule has 0 aliphatic carbocycles. The Kier molecular flexibility index (Phi) is 2.63. The van der Waals surface area contributed by atoms with Crippen molar-refractivity contribution in [2.45, 2.75) is 0 Å². The van der Waals surface area contributed by atoms with E-state index in [0.29, 0.717) is 22.5 Å². The van der Waals surface area contributed by atoms with Crippen molar-refractivity contribution in [2.24, 2.45) is 14.1 Å². The van der Waals surface area contributed by atoms with Crippen LogP contribution < -0.4 is 5.32 Å². The first-order valence-electron chi connectivity index (χ1n) is 5.87. The SMILES string of the molecule is Cn1ccc(Nc2c(C(=O)O)cnc3c2cnn3C)n1. The molecule has 0 unspecified atom stereocenters. The smallest absolute Gasteiger partial charge is 0.339 e. The number of aromatic nitrogens is 5. The highest BCUT2D eigenvalue weighted by Gasteiger charge is 2.17. The van der Waals surface area contributed by atoms with Gasteiger partial charge >= 0.3 is 5.97 Å². The minimum Gasteiger partial charge on any atom is -0.478 e. The number of nitrogens with one attached hydrogen (secondary N) is 1. The Labute approximate surface area is 113 Å². The summed E-state index contributed by atoms with van der Waals surface area (Å²) < 4.78 is 3.22. The van der Waals surface area contributed by atoms with Crippen LogP contribution in [0.4, 0.5) is 11.5 Å². The normalized spacial score (nSPS) is 10.9. The summed E-state index contributed by atoms with van der Waals surface area (Å²) >= 11 is 0. The predicted molar refractivity (Wildman–Crippen MR) is 72.0 cm³/mol. The van der Waals surface area contributed by atoms with Gasteiger partial charge in [0.1, 0.15) is 5.56 Å². The molecule has 0 aliphatic rings. The molecule has 3 aromatic heterocycles. The molecule has 3 heterocycles. The second-order valence-electron chi connectivity index (χ2n) is 4.36. The fourth-order valence-electron chi connectivity index (χ4n) is 2.00. The maximum atomic E-state index is 11.3. The zero-order valence-electron chi connectivity index (χ0n) is 10.9. The van der Waals surface area contributed by atoms with Gasteiger partial charge in [0.25, 0.3) is 0 Å². The van der Waals surface area contributed by atoms with E-state index in [9.17, 15) is 9.90 Å². The summed E-state index contributed by atoms with van der Waals surface area (Å²) in [5, 5.41) is 21.2. The Morgan fingerprint density at radius 2 is 2.15 bits per heavy atom. The van der Waals surface area contributed by atoms with Crippen molar-refractivity contribution >= 4 is 28.5 Å². The van der Waals surface area contributed by atoms with Crippen molar-refractivity contribution in [3.8, 4) is 0 Å². The number of pyridine rings is 1. The molecule has 0 atom stereocenters. The molecule has 2 N–H and O–H groups in total. The van der Waals surface area contributed by atoms with Crippen LogP contribution in [0.25, 0.3) is 11.0 Å². The number of rotatable bonds is 3. The minimum atomic E-state index is -1.05. The number of aromatic carboxylic acids is 1. The van der Waals surface area contributed by atoms with Gasteiger partial charge in [-0.25, -0.2) is 9.78 Å².